The minimum atomic E-state index is 0.339. The highest BCUT2D eigenvalue weighted by atomic mass is 35.5. The van der Waals surface area contributed by atoms with Gasteiger partial charge in [0.15, 0.2) is 5.13 Å². The lowest BCUT2D eigenvalue weighted by Crippen LogP contribution is -2.09. The largest absolute Gasteiger partial charge is 0.389 e. The number of halogens is 1. The molecule has 0 aliphatic heterocycles. The van der Waals surface area contributed by atoms with Crippen LogP contribution in [0.25, 0.3) is 10.2 Å². The van der Waals surface area contributed by atoms with Crippen LogP contribution in [0.15, 0.2) is 36.5 Å². The molecule has 0 fully saturated rings. The van der Waals surface area contributed by atoms with E-state index in [0.717, 1.165) is 20.9 Å². The van der Waals surface area contributed by atoms with E-state index in [2.05, 4.69) is 15.3 Å². The molecule has 4 nitrogen and oxygen atoms in total. The number of thiazole rings is 1. The van der Waals surface area contributed by atoms with Gasteiger partial charge in [-0.15, -0.1) is 0 Å². The van der Waals surface area contributed by atoms with Gasteiger partial charge in [0, 0.05) is 16.8 Å². The molecular formula is C13H9ClN4S2. The maximum absolute atomic E-state index is 5.96. The quantitative estimate of drug-likeness (QED) is 0.720. The van der Waals surface area contributed by atoms with Gasteiger partial charge in [0.1, 0.15) is 10.8 Å². The summed E-state index contributed by atoms with van der Waals surface area (Å²) < 4.78 is 1.02. The maximum Gasteiger partial charge on any atom is 0.189 e. The molecule has 0 unspecified atom stereocenters. The Morgan fingerprint density at radius 2 is 2.15 bits per heavy atom. The predicted molar refractivity (Wildman–Crippen MR) is 88.0 cm³/mol. The highest BCUT2D eigenvalue weighted by Crippen LogP contribution is 2.29. The lowest BCUT2D eigenvalue weighted by Gasteiger charge is -2.03. The molecular weight excluding hydrogens is 312 g/mol. The van der Waals surface area contributed by atoms with Crippen molar-refractivity contribution in [1.82, 2.24) is 9.97 Å². The first kappa shape index (κ1) is 13.2. The van der Waals surface area contributed by atoms with Crippen LogP contribution < -0.4 is 11.1 Å². The van der Waals surface area contributed by atoms with Gasteiger partial charge in [-0.05, 0) is 30.3 Å². The summed E-state index contributed by atoms with van der Waals surface area (Å²) in [5.41, 5.74) is 7.26. The average Bonchev–Trinajstić information content (AvgIpc) is 2.80. The van der Waals surface area contributed by atoms with Crippen molar-refractivity contribution in [3.05, 3.63) is 47.1 Å². The highest BCUT2D eigenvalue weighted by Gasteiger charge is 2.06. The van der Waals surface area contributed by atoms with E-state index in [0.29, 0.717) is 15.8 Å². The van der Waals surface area contributed by atoms with Crippen molar-refractivity contribution in [2.45, 2.75) is 0 Å². The van der Waals surface area contributed by atoms with E-state index in [4.69, 9.17) is 29.6 Å². The van der Waals surface area contributed by atoms with Crippen molar-refractivity contribution in [3.8, 4) is 0 Å². The molecule has 3 aromatic rings. The zero-order valence-corrected chi connectivity index (χ0v) is 12.5. The Labute approximate surface area is 129 Å². The molecule has 3 rings (SSSR count). The van der Waals surface area contributed by atoms with Crippen LogP contribution in [-0.2, 0) is 0 Å². The molecule has 0 spiro atoms. The van der Waals surface area contributed by atoms with E-state index in [1.54, 1.807) is 18.3 Å². The number of thiocarbonyl (C=S) groups is 1. The minimum absolute atomic E-state index is 0.339. The second-order valence-electron chi connectivity index (χ2n) is 4.05. The number of nitrogens with zero attached hydrogens (tertiary/aromatic N) is 2. The normalized spacial score (nSPS) is 10.7. The number of hydrogen-bond donors (Lipinski definition) is 2. The van der Waals surface area contributed by atoms with E-state index >= 15 is 0 Å². The lowest BCUT2D eigenvalue weighted by molar-refractivity contribution is 1.29. The molecule has 0 saturated heterocycles. The van der Waals surface area contributed by atoms with Crippen molar-refractivity contribution in [3.63, 3.8) is 0 Å². The van der Waals surface area contributed by atoms with Crippen LogP contribution in [0.4, 0.5) is 10.9 Å². The summed E-state index contributed by atoms with van der Waals surface area (Å²) in [4.78, 5) is 9.03. The summed E-state index contributed by atoms with van der Waals surface area (Å²) in [5, 5.41) is 4.59. The lowest BCUT2D eigenvalue weighted by atomic mass is 10.2. The molecule has 0 radical (unpaired) electrons. The molecule has 0 saturated carbocycles. The molecule has 2 heterocycles. The van der Waals surface area contributed by atoms with E-state index < -0.39 is 0 Å². The first-order chi connectivity index (χ1) is 9.61. The van der Waals surface area contributed by atoms with Crippen molar-refractivity contribution < 1.29 is 0 Å². The van der Waals surface area contributed by atoms with Gasteiger partial charge in [0.25, 0.3) is 0 Å². The second-order valence-corrected chi connectivity index (χ2v) is 5.96. The fraction of sp³-hybridized carbons (Fsp3) is 0. The third-order valence-electron chi connectivity index (χ3n) is 2.63. The van der Waals surface area contributed by atoms with Gasteiger partial charge >= 0.3 is 0 Å². The Morgan fingerprint density at radius 1 is 1.30 bits per heavy atom. The van der Waals surface area contributed by atoms with E-state index in [9.17, 15) is 0 Å². The monoisotopic (exact) mass is 320 g/mol. The maximum atomic E-state index is 5.96. The van der Waals surface area contributed by atoms with Crippen LogP contribution >= 0.6 is 35.2 Å². The molecule has 0 atom stereocenters. The molecule has 0 bridgehead atoms. The van der Waals surface area contributed by atoms with E-state index in [1.165, 1.54) is 11.3 Å². The van der Waals surface area contributed by atoms with Gasteiger partial charge in [-0.1, -0.05) is 35.2 Å². The molecule has 0 aliphatic carbocycles. The highest BCUT2D eigenvalue weighted by molar-refractivity contribution is 7.80. The Bertz CT molecular complexity index is 800. The molecule has 20 heavy (non-hydrogen) atoms. The predicted octanol–water partition coefficient (Wildman–Crippen LogP) is 3.72. The van der Waals surface area contributed by atoms with Crippen molar-refractivity contribution in [2.24, 2.45) is 5.73 Å². The zero-order chi connectivity index (χ0) is 14.1. The summed E-state index contributed by atoms with van der Waals surface area (Å²) in [6.45, 7) is 0. The Kier molecular flexibility index (Phi) is 3.52. The summed E-state index contributed by atoms with van der Waals surface area (Å²) in [5.74, 6) is 0.653. The number of pyridine rings is 1. The molecule has 2 aromatic heterocycles. The smallest absolute Gasteiger partial charge is 0.189 e. The standard InChI is InChI=1S/C13H9ClN4S2/c14-8-1-2-9-10(6-8)20-13(17-9)18-11-5-7(12(15)19)3-4-16-11/h1-6H,(H2,15,19)(H,16,17,18). The minimum Gasteiger partial charge on any atom is -0.389 e. The first-order valence-corrected chi connectivity index (χ1v) is 7.31. The van der Waals surface area contributed by atoms with Gasteiger partial charge in [0.05, 0.1) is 10.2 Å². The molecule has 3 N–H and O–H groups in total. The summed E-state index contributed by atoms with van der Waals surface area (Å²) in [7, 11) is 0. The van der Waals surface area contributed by atoms with Crippen LogP contribution in [0.3, 0.4) is 0 Å². The average molecular weight is 321 g/mol. The molecule has 7 heteroatoms. The van der Waals surface area contributed by atoms with Crippen molar-refractivity contribution in [2.75, 3.05) is 5.32 Å². The Hall–Kier alpha value is -1.76. The van der Waals surface area contributed by atoms with Crippen LogP contribution in [0.2, 0.25) is 5.02 Å². The SMILES string of the molecule is NC(=S)c1ccnc(Nc2nc3ccc(Cl)cc3s2)c1. The number of fused-ring (bicyclic) bond motifs is 1. The number of aromatic nitrogens is 2. The van der Waals surface area contributed by atoms with Crippen LogP contribution in [0, 0.1) is 0 Å². The Morgan fingerprint density at radius 3 is 2.95 bits per heavy atom. The van der Waals surface area contributed by atoms with Crippen molar-refractivity contribution in [1.29, 1.82) is 0 Å². The van der Waals surface area contributed by atoms with Gasteiger partial charge in [-0.2, -0.15) is 0 Å². The van der Waals surface area contributed by atoms with E-state index in [-0.39, 0.29) is 0 Å². The third kappa shape index (κ3) is 2.72. The molecule has 0 amide bonds. The van der Waals surface area contributed by atoms with Gasteiger partial charge in [-0.3, -0.25) is 0 Å². The van der Waals surface area contributed by atoms with Crippen LogP contribution in [-0.4, -0.2) is 15.0 Å². The molecule has 100 valence electrons. The van der Waals surface area contributed by atoms with Crippen LogP contribution in [0.1, 0.15) is 5.56 Å². The van der Waals surface area contributed by atoms with Crippen molar-refractivity contribution >= 4 is 61.3 Å². The van der Waals surface area contributed by atoms with E-state index in [1.807, 2.05) is 18.2 Å². The fourth-order valence-electron chi connectivity index (χ4n) is 1.71. The third-order valence-corrected chi connectivity index (χ3v) is 4.03. The zero-order valence-electron chi connectivity index (χ0n) is 10.1. The summed E-state index contributed by atoms with van der Waals surface area (Å²) >= 11 is 12.4. The Balaban J connectivity index is 1.92. The summed E-state index contributed by atoms with van der Waals surface area (Å²) in [6, 6.07) is 9.16. The number of nitrogens with one attached hydrogen (secondary N) is 1. The van der Waals surface area contributed by atoms with Gasteiger partial charge in [0.2, 0.25) is 0 Å². The topological polar surface area (TPSA) is 63.8 Å². The molecule has 0 aliphatic rings. The number of rotatable bonds is 3. The number of anilines is 2. The number of nitrogens with two attached hydrogens (primary N) is 1. The molecule has 1 aromatic carbocycles. The second kappa shape index (κ2) is 5.32. The summed E-state index contributed by atoms with van der Waals surface area (Å²) in [6.07, 6.45) is 1.65. The number of hydrogen-bond acceptors (Lipinski definition) is 5. The van der Waals surface area contributed by atoms with Gasteiger partial charge in [-0.25, -0.2) is 9.97 Å². The number of benzene rings is 1. The fourth-order valence-corrected chi connectivity index (χ4v) is 2.99. The van der Waals surface area contributed by atoms with Gasteiger partial charge < -0.3 is 11.1 Å². The first-order valence-electron chi connectivity index (χ1n) is 5.71. The van der Waals surface area contributed by atoms with Crippen LogP contribution in [0.5, 0.6) is 0 Å².